The van der Waals surface area contributed by atoms with Crippen molar-refractivity contribution in [2.45, 2.75) is 25.9 Å². The summed E-state index contributed by atoms with van der Waals surface area (Å²) in [4.78, 5) is 6.64. The Morgan fingerprint density at radius 2 is 2.28 bits per heavy atom. The molecule has 0 bridgehead atoms. The molecule has 25 heavy (non-hydrogen) atoms. The number of nitrogens with one attached hydrogen (secondary N) is 2. The fourth-order valence-electron chi connectivity index (χ4n) is 3.02. The summed E-state index contributed by atoms with van der Waals surface area (Å²) in [6.45, 7) is 6.72. The first-order valence-electron chi connectivity index (χ1n) is 9.09. The minimum Gasteiger partial charge on any atom is -0.374 e. The molecule has 2 atom stereocenters. The lowest BCUT2D eigenvalue weighted by Crippen LogP contribution is -2.48. The van der Waals surface area contributed by atoms with Crippen molar-refractivity contribution in [3.8, 4) is 0 Å². The van der Waals surface area contributed by atoms with Crippen molar-refractivity contribution in [3.05, 3.63) is 34.3 Å². The lowest BCUT2D eigenvalue weighted by atomic mass is 9.97. The molecule has 140 valence electrons. The summed E-state index contributed by atoms with van der Waals surface area (Å²) in [5.41, 5.74) is 1.37. The van der Waals surface area contributed by atoms with Gasteiger partial charge in [-0.3, -0.25) is 4.99 Å². The zero-order valence-corrected chi connectivity index (χ0v) is 17.2. The number of rotatable bonds is 7. The fraction of sp³-hybridized carbons (Fsp3) is 0.632. The van der Waals surface area contributed by atoms with Crippen LogP contribution in [0.2, 0.25) is 0 Å². The van der Waals surface area contributed by atoms with Gasteiger partial charge in [0.05, 0.1) is 12.7 Å². The first-order chi connectivity index (χ1) is 12.1. The van der Waals surface area contributed by atoms with Crippen LogP contribution in [0.3, 0.4) is 0 Å². The highest BCUT2D eigenvalue weighted by molar-refractivity contribution is 9.10. The molecule has 2 N–H and O–H groups in total. The van der Waals surface area contributed by atoms with Gasteiger partial charge in [-0.25, -0.2) is 0 Å². The summed E-state index contributed by atoms with van der Waals surface area (Å²) in [5.74, 6) is 1.43. The van der Waals surface area contributed by atoms with Crippen LogP contribution >= 0.6 is 15.9 Å². The van der Waals surface area contributed by atoms with Crippen LogP contribution in [0.4, 0.5) is 0 Å². The van der Waals surface area contributed by atoms with E-state index >= 15 is 0 Å². The van der Waals surface area contributed by atoms with Crippen molar-refractivity contribution < 1.29 is 4.74 Å². The number of halogens is 1. The van der Waals surface area contributed by atoms with Crippen LogP contribution in [0.1, 0.15) is 18.9 Å². The number of morpholine rings is 1. The van der Waals surface area contributed by atoms with Crippen LogP contribution in [0, 0.1) is 5.92 Å². The van der Waals surface area contributed by atoms with Gasteiger partial charge in [0.1, 0.15) is 0 Å². The van der Waals surface area contributed by atoms with Gasteiger partial charge in [-0.05, 0) is 37.1 Å². The van der Waals surface area contributed by atoms with Gasteiger partial charge in [-0.2, -0.15) is 0 Å². The van der Waals surface area contributed by atoms with E-state index in [2.05, 4.69) is 74.7 Å². The molecule has 2 rings (SSSR count). The molecule has 5 nitrogen and oxygen atoms in total. The van der Waals surface area contributed by atoms with E-state index in [4.69, 9.17) is 4.74 Å². The number of likely N-dealkylation sites (N-methyl/N-ethyl adjacent to an activating group) is 1. The van der Waals surface area contributed by atoms with Gasteiger partial charge in [0, 0.05) is 37.7 Å². The molecule has 0 amide bonds. The first-order valence-corrected chi connectivity index (χ1v) is 9.89. The maximum absolute atomic E-state index is 5.79. The molecule has 0 radical (unpaired) electrons. The molecule has 1 heterocycles. The lowest BCUT2D eigenvalue weighted by molar-refractivity contribution is -0.0161. The molecular weight excluding hydrogens is 380 g/mol. The Hall–Kier alpha value is -1.11. The van der Waals surface area contributed by atoms with Crippen molar-refractivity contribution in [1.29, 1.82) is 0 Å². The van der Waals surface area contributed by atoms with Crippen molar-refractivity contribution in [3.63, 3.8) is 0 Å². The molecule has 1 fully saturated rings. The zero-order chi connectivity index (χ0) is 18.1. The second-order valence-corrected chi connectivity index (χ2v) is 7.61. The average molecular weight is 411 g/mol. The Morgan fingerprint density at radius 1 is 1.44 bits per heavy atom. The van der Waals surface area contributed by atoms with Crippen LogP contribution in [-0.2, 0) is 11.2 Å². The lowest BCUT2D eigenvalue weighted by Gasteiger charge is -2.30. The first kappa shape index (κ1) is 20.2. The van der Waals surface area contributed by atoms with Crippen LogP contribution in [0.25, 0.3) is 0 Å². The van der Waals surface area contributed by atoms with E-state index in [1.807, 2.05) is 7.05 Å². The Labute approximate surface area is 160 Å². The fourth-order valence-corrected chi connectivity index (χ4v) is 3.47. The molecule has 6 heteroatoms. The summed E-state index contributed by atoms with van der Waals surface area (Å²) in [6.07, 6.45) is 2.42. The summed E-state index contributed by atoms with van der Waals surface area (Å²) in [7, 11) is 3.95. The second-order valence-electron chi connectivity index (χ2n) is 6.70. The predicted molar refractivity (Wildman–Crippen MR) is 108 cm³/mol. The number of aliphatic imine (C=N–C) groups is 1. The largest absolute Gasteiger partial charge is 0.374 e. The Morgan fingerprint density at radius 3 is 2.96 bits per heavy atom. The molecule has 0 aromatic heterocycles. The van der Waals surface area contributed by atoms with Gasteiger partial charge in [0.2, 0.25) is 0 Å². The standard InChI is InChI=1S/C19H31BrN4O/c1-4-15(10-16-6-5-7-17(20)11-16)12-22-19(21-2)23-13-18-14-24(3)8-9-25-18/h5-7,11,15,18H,4,8-10,12-14H2,1-3H3,(H2,21,22,23). The van der Waals surface area contributed by atoms with E-state index in [0.29, 0.717) is 5.92 Å². The van der Waals surface area contributed by atoms with Gasteiger partial charge in [0.25, 0.3) is 0 Å². The third-order valence-electron chi connectivity index (χ3n) is 4.61. The minimum atomic E-state index is 0.223. The topological polar surface area (TPSA) is 48.9 Å². The third-order valence-corrected chi connectivity index (χ3v) is 5.10. The highest BCUT2D eigenvalue weighted by Crippen LogP contribution is 2.16. The number of ether oxygens (including phenoxy) is 1. The maximum Gasteiger partial charge on any atom is 0.191 e. The normalized spacial score (nSPS) is 20.3. The summed E-state index contributed by atoms with van der Waals surface area (Å²) >= 11 is 3.55. The van der Waals surface area contributed by atoms with Crippen molar-refractivity contribution in [2.75, 3.05) is 46.9 Å². The van der Waals surface area contributed by atoms with Crippen LogP contribution in [0.15, 0.2) is 33.7 Å². The van der Waals surface area contributed by atoms with E-state index in [0.717, 1.165) is 56.1 Å². The van der Waals surface area contributed by atoms with Crippen LogP contribution in [0.5, 0.6) is 0 Å². The van der Waals surface area contributed by atoms with Crippen molar-refractivity contribution in [1.82, 2.24) is 15.5 Å². The summed E-state index contributed by atoms with van der Waals surface area (Å²) in [5, 5.41) is 6.86. The molecule has 2 unspecified atom stereocenters. The SMILES string of the molecule is CCC(CNC(=NC)NCC1CN(C)CCO1)Cc1cccc(Br)c1. The second kappa shape index (κ2) is 10.8. The molecule has 0 saturated carbocycles. The molecular formula is C19H31BrN4O. The molecule has 1 aromatic carbocycles. The summed E-state index contributed by atoms with van der Waals surface area (Å²) in [6, 6.07) is 8.56. The number of nitrogens with zero attached hydrogens (tertiary/aromatic N) is 2. The van der Waals surface area contributed by atoms with E-state index < -0.39 is 0 Å². The van der Waals surface area contributed by atoms with Crippen LogP contribution < -0.4 is 10.6 Å². The summed E-state index contributed by atoms with van der Waals surface area (Å²) < 4.78 is 6.93. The monoisotopic (exact) mass is 410 g/mol. The van der Waals surface area contributed by atoms with E-state index in [9.17, 15) is 0 Å². The molecule has 0 spiro atoms. The number of guanidine groups is 1. The molecule has 1 aromatic rings. The molecule has 1 aliphatic rings. The van der Waals surface area contributed by atoms with Crippen molar-refractivity contribution in [2.24, 2.45) is 10.9 Å². The predicted octanol–water partition coefficient (Wildman–Crippen LogP) is 2.51. The highest BCUT2D eigenvalue weighted by Gasteiger charge is 2.18. The van der Waals surface area contributed by atoms with Gasteiger partial charge in [-0.15, -0.1) is 0 Å². The van der Waals surface area contributed by atoms with Crippen LogP contribution in [-0.4, -0.2) is 63.8 Å². The van der Waals surface area contributed by atoms with E-state index in [-0.39, 0.29) is 6.10 Å². The van der Waals surface area contributed by atoms with Gasteiger partial charge < -0.3 is 20.3 Å². The Kier molecular flexibility index (Phi) is 8.72. The third kappa shape index (κ3) is 7.34. The highest BCUT2D eigenvalue weighted by atomic mass is 79.9. The minimum absolute atomic E-state index is 0.223. The quantitative estimate of drug-likeness (QED) is 0.535. The smallest absolute Gasteiger partial charge is 0.191 e. The van der Waals surface area contributed by atoms with Gasteiger partial charge in [0.15, 0.2) is 5.96 Å². The zero-order valence-electron chi connectivity index (χ0n) is 15.6. The van der Waals surface area contributed by atoms with Crippen molar-refractivity contribution >= 4 is 21.9 Å². The van der Waals surface area contributed by atoms with E-state index in [1.54, 1.807) is 0 Å². The Bertz CT molecular complexity index is 552. The molecule has 1 saturated heterocycles. The maximum atomic E-state index is 5.79. The molecule has 0 aliphatic carbocycles. The number of benzene rings is 1. The Balaban J connectivity index is 1.76. The van der Waals surface area contributed by atoms with E-state index in [1.165, 1.54) is 5.56 Å². The molecule has 1 aliphatic heterocycles. The number of hydrogen-bond donors (Lipinski definition) is 2. The average Bonchev–Trinajstić information content (AvgIpc) is 2.61. The number of hydrogen-bond acceptors (Lipinski definition) is 3. The van der Waals surface area contributed by atoms with Gasteiger partial charge >= 0.3 is 0 Å². The van der Waals surface area contributed by atoms with Gasteiger partial charge in [-0.1, -0.05) is 41.4 Å².